The number of ether oxygens (including phenoxy) is 2. The molecule has 0 aromatic carbocycles. The van der Waals surface area contributed by atoms with Crippen LogP contribution in [0.15, 0.2) is 5.38 Å². The SMILES string of the molecule is CCCCCOCN(C(=O)[C@@H](NC(=O)[C@H]1CCCCN1C)C(C)CC)[C@H](C[C@H](O)c1nc(C(=O)OC)cs1)C(C)C. The molecular weight excluding hydrogens is 544 g/mol. The summed E-state index contributed by atoms with van der Waals surface area (Å²) in [5, 5.41) is 16.2. The molecule has 2 amide bonds. The number of amides is 2. The highest BCUT2D eigenvalue weighted by molar-refractivity contribution is 7.09. The molecule has 1 aromatic heterocycles. The van der Waals surface area contributed by atoms with Gasteiger partial charge in [0.25, 0.3) is 0 Å². The van der Waals surface area contributed by atoms with E-state index in [2.05, 4.69) is 22.1 Å². The number of carbonyl (C=O) groups excluding carboxylic acids is 3. The van der Waals surface area contributed by atoms with Gasteiger partial charge in [-0.25, -0.2) is 9.78 Å². The third kappa shape index (κ3) is 10.3. The number of likely N-dealkylation sites (N-methyl/N-ethyl adjacent to an activating group) is 1. The third-order valence-corrected chi connectivity index (χ3v) is 9.04. The highest BCUT2D eigenvalue weighted by Gasteiger charge is 2.38. The Balaban J connectivity index is 2.32. The molecular formula is C30H52N4O6S. The number of thiazole rings is 1. The minimum absolute atomic E-state index is 0.0226. The second kappa shape index (κ2) is 17.8. The van der Waals surface area contributed by atoms with Gasteiger partial charge < -0.3 is 24.8 Å². The molecule has 0 radical (unpaired) electrons. The van der Waals surface area contributed by atoms with Crippen molar-refractivity contribution in [3.63, 3.8) is 0 Å². The minimum Gasteiger partial charge on any atom is -0.464 e. The number of unbranched alkanes of at least 4 members (excludes halogenated alkanes) is 2. The van der Waals surface area contributed by atoms with E-state index < -0.39 is 24.2 Å². The summed E-state index contributed by atoms with van der Waals surface area (Å²) >= 11 is 1.18. The van der Waals surface area contributed by atoms with Gasteiger partial charge in [0.15, 0.2) is 5.69 Å². The van der Waals surface area contributed by atoms with Gasteiger partial charge >= 0.3 is 5.97 Å². The van der Waals surface area contributed by atoms with Gasteiger partial charge in [-0.05, 0) is 44.7 Å². The fourth-order valence-corrected chi connectivity index (χ4v) is 5.97. The molecule has 1 unspecified atom stereocenters. The lowest BCUT2D eigenvalue weighted by atomic mass is 9.92. The number of rotatable bonds is 17. The van der Waals surface area contributed by atoms with Gasteiger partial charge in [0, 0.05) is 24.4 Å². The number of nitrogens with one attached hydrogen (secondary N) is 1. The summed E-state index contributed by atoms with van der Waals surface area (Å²) in [5.41, 5.74) is 0.145. The van der Waals surface area contributed by atoms with E-state index in [0.717, 1.165) is 45.1 Å². The zero-order chi connectivity index (χ0) is 30.5. The molecule has 2 rings (SSSR count). The fourth-order valence-electron chi connectivity index (χ4n) is 5.19. The van der Waals surface area contributed by atoms with E-state index in [1.807, 2.05) is 34.7 Å². The molecule has 11 heteroatoms. The molecule has 1 aromatic rings. The molecule has 2 N–H and O–H groups in total. The smallest absolute Gasteiger partial charge is 0.357 e. The lowest BCUT2D eigenvalue weighted by Gasteiger charge is -2.39. The van der Waals surface area contributed by atoms with Crippen LogP contribution in [0.25, 0.3) is 0 Å². The van der Waals surface area contributed by atoms with E-state index in [1.54, 1.807) is 10.3 Å². The number of hydrogen-bond donors (Lipinski definition) is 2. The van der Waals surface area contributed by atoms with E-state index in [9.17, 15) is 19.5 Å². The number of aliphatic hydroxyl groups excluding tert-OH is 1. The van der Waals surface area contributed by atoms with E-state index >= 15 is 0 Å². The normalized spacial score (nSPS) is 18.9. The molecule has 10 nitrogen and oxygen atoms in total. The number of aromatic nitrogens is 1. The topological polar surface area (TPSA) is 121 Å². The first kappa shape index (κ1) is 35.1. The first-order chi connectivity index (χ1) is 19.5. The Morgan fingerprint density at radius 1 is 1.22 bits per heavy atom. The molecule has 0 bridgehead atoms. The predicted molar refractivity (Wildman–Crippen MR) is 161 cm³/mol. The summed E-state index contributed by atoms with van der Waals surface area (Å²) in [5.74, 6) is -1.00. The quantitative estimate of drug-likeness (QED) is 0.154. The Morgan fingerprint density at radius 2 is 1.95 bits per heavy atom. The maximum absolute atomic E-state index is 14.3. The van der Waals surface area contributed by atoms with Gasteiger partial charge in [0.1, 0.15) is 23.9 Å². The maximum Gasteiger partial charge on any atom is 0.357 e. The molecule has 1 saturated heterocycles. The number of piperidine rings is 1. The Labute approximate surface area is 250 Å². The molecule has 1 aliphatic rings. The fraction of sp³-hybridized carbons (Fsp3) is 0.800. The number of aliphatic hydroxyl groups is 1. The number of carbonyl (C=O) groups is 3. The predicted octanol–water partition coefficient (Wildman–Crippen LogP) is 4.39. The Hall–Kier alpha value is -2.08. The standard InChI is InChI=1S/C30H52N4O6S/c1-8-10-13-16-40-19-34(24(20(3)4)17-25(35)28-31-22(18-41-28)30(38)39-7)29(37)26(21(5)9-2)32-27(36)23-14-11-12-15-33(23)6/h18,20-21,23-26,35H,8-17,19H2,1-7H3,(H,32,36)/t21?,23-,24-,25+,26+/m1/s1. The zero-order valence-corrected chi connectivity index (χ0v) is 26.9. The van der Waals surface area contributed by atoms with E-state index in [4.69, 9.17) is 9.47 Å². The Morgan fingerprint density at radius 3 is 2.56 bits per heavy atom. The van der Waals surface area contributed by atoms with Gasteiger partial charge in [0.05, 0.1) is 13.2 Å². The van der Waals surface area contributed by atoms with Crippen LogP contribution >= 0.6 is 11.3 Å². The molecule has 2 heterocycles. The average Bonchev–Trinajstić information content (AvgIpc) is 3.46. The van der Waals surface area contributed by atoms with Crippen molar-refractivity contribution < 1.29 is 29.0 Å². The molecule has 0 aliphatic carbocycles. The number of likely N-dealkylation sites (tertiary alicyclic amines) is 1. The van der Waals surface area contributed by atoms with Crippen molar-refractivity contribution in [2.24, 2.45) is 11.8 Å². The van der Waals surface area contributed by atoms with Gasteiger partial charge in [-0.3, -0.25) is 14.5 Å². The van der Waals surface area contributed by atoms with Crippen LogP contribution in [0.5, 0.6) is 0 Å². The van der Waals surface area contributed by atoms with Crippen molar-refractivity contribution in [3.8, 4) is 0 Å². The highest BCUT2D eigenvalue weighted by Crippen LogP contribution is 2.29. The highest BCUT2D eigenvalue weighted by atomic mass is 32.1. The van der Waals surface area contributed by atoms with Gasteiger partial charge in [0.2, 0.25) is 11.8 Å². The lowest BCUT2D eigenvalue weighted by Crippen LogP contribution is -2.59. The summed E-state index contributed by atoms with van der Waals surface area (Å²) in [6, 6.07) is -1.36. The first-order valence-corrected chi connectivity index (χ1v) is 16.0. The zero-order valence-electron chi connectivity index (χ0n) is 26.1. The number of esters is 1. The van der Waals surface area contributed by atoms with Gasteiger partial charge in [-0.2, -0.15) is 0 Å². The summed E-state index contributed by atoms with van der Waals surface area (Å²) < 4.78 is 10.8. The minimum atomic E-state index is -0.992. The lowest BCUT2D eigenvalue weighted by molar-refractivity contribution is -0.149. The van der Waals surface area contributed by atoms with Gasteiger partial charge in [-0.1, -0.05) is 60.3 Å². The third-order valence-electron chi connectivity index (χ3n) is 8.09. The van der Waals surface area contributed by atoms with E-state index in [-0.39, 0.29) is 48.5 Å². The van der Waals surface area contributed by atoms with Crippen LogP contribution in [0.2, 0.25) is 0 Å². The number of hydrogen-bond acceptors (Lipinski definition) is 9. The number of nitrogens with zero attached hydrogens (tertiary/aromatic N) is 3. The summed E-state index contributed by atoms with van der Waals surface area (Å²) in [6.45, 7) is 11.6. The molecule has 1 aliphatic heterocycles. The van der Waals surface area contributed by atoms with E-state index in [0.29, 0.717) is 18.0 Å². The summed E-state index contributed by atoms with van der Waals surface area (Å²) in [4.78, 5) is 47.6. The Kier molecular flexibility index (Phi) is 15.2. The molecule has 0 saturated carbocycles. The monoisotopic (exact) mass is 596 g/mol. The molecule has 5 atom stereocenters. The Bertz CT molecular complexity index is 957. The van der Waals surface area contributed by atoms with Crippen LogP contribution in [-0.2, 0) is 19.1 Å². The second-order valence-corrected chi connectivity index (χ2v) is 12.4. The van der Waals surface area contributed by atoms with Crippen molar-refractivity contribution in [1.29, 1.82) is 0 Å². The average molecular weight is 597 g/mol. The summed E-state index contributed by atoms with van der Waals surface area (Å²) in [6.07, 6.45) is 5.75. The van der Waals surface area contributed by atoms with Crippen LogP contribution in [0, 0.1) is 11.8 Å². The molecule has 234 valence electrons. The largest absolute Gasteiger partial charge is 0.464 e. The van der Waals surface area contributed by atoms with Crippen molar-refractivity contribution in [2.45, 2.75) is 110 Å². The molecule has 0 spiro atoms. The maximum atomic E-state index is 14.3. The number of methoxy groups -OCH3 is 1. The van der Waals surface area contributed by atoms with Crippen LogP contribution in [0.3, 0.4) is 0 Å². The van der Waals surface area contributed by atoms with Crippen LogP contribution in [0.1, 0.15) is 108 Å². The van der Waals surface area contributed by atoms with Crippen molar-refractivity contribution in [3.05, 3.63) is 16.1 Å². The van der Waals surface area contributed by atoms with Gasteiger partial charge in [-0.15, -0.1) is 11.3 Å². The first-order valence-electron chi connectivity index (χ1n) is 15.2. The van der Waals surface area contributed by atoms with Crippen molar-refractivity contribution in [2.75, 3.05) is 34.0 Å². The van der Waals surface area contributed by atoms with Crippen LogP contribution in [0.4, 0.5) is 0 Å². The van der Waals surface area contributed by atoms with Crippen molar-refractivity contribution >= 4 is 29.1 Å². The summed E-state index contributed by atoms with van der Waals surface area (Å²) in [7, 11) is 3.25. The van der Waals surface area contributed by atoms with Crippen LogP contribution in [-0.4, -0.2) is 89.8 Å². The van der Waals surface area contributed by atoms with Crippen molar-refractivity contribution in [1.82, 2.24) is 20.1 Å². The second-order valence-electron chi connectivity index (χ2n) is 11.5. The molecule has 41 heavy (non-hydrogen) atoms. The van der Waals surface area contributed by atoms with E-state index in [1.165, 1.54) is 18.4 Å². The molecule has 1 fully saturated rings. The van der Waals surface area contributed by atoms with Crippen LogP contribution < -0.4 is 5.32 Å².